The molecule has 2 heteroatoms. The second-order valence-corrected chi connectivity index (χ2v) is 6.60. The van der Waals surface area contributed by atoms with Crippen LogP contribution in [0.2, 0.25) is 0 Å². The number of benzene rings is 2. The van der Waals surface area contributed by atoms with E-state index in [0.717, 1.165) is 18.4 Å². The Morgan fingerprint density at radius 1 is 0.808 bits per heavy atom. The summed E-state index contributed by atoms with van der Waals surface area (Å²) >= 11 is 0. The van der Waals surface area contributed by atoms with Crippen LogP contribution in [0.1, 0.15) is 63.9 Å². The molecule has 138 valence electrons. The number of rotatable bonds is 11. The van der Waals surface area contributed by atoms with E-state index in [9.17, 15) is 4.79 Å². The van der Waals surface area contributed by atoms with Crippen LogP contribution in [0.15, 0.2) is 66.7 Å². The van der Waals surface area contributed by atoms with Crippen LogP contribution in [0.5, 0.6) is 5.75 Å². The molecule has 0 N–H and O–H groups in total. The quantitative estimate of drug-likeness (QED) is 0.192. The smallest absolute Gasteiger partial charge is 0.343 e. The first-order chi connectivity index (χ1) is 12.8. The summed E-state index contributed by atoms with van der Waals surface area (Å²) in [6.45, 7) is 2.24. The zero-order valence-corrected chi connectivity index (χ0v) is 15.8. The van der Waals surface area contributed by atoms with Crippen LogP contribution in [0, 0.1) is 0 Å². The van der Waals surface area contributed by atoms with E-state index >= 15 is 0 Å². The molecule has 0 aromatic heterocycles. The van der Waals surface area contributed by atoms with Crippen molar-refractivity contribution in [1.29, 1.82) is 0 Å². The van der Waals surface area contributed by atoms with Crippen molar-refractivity contribution < 1.29 is 9.53 Å². The Kier molecular flexibility index (Phi) is 9.27. The van der Waals surface area contributed by atoms with Gasteiger partial charge in [-0.1, -0.05) is 100 Å². The summed E-state index contributed by atoms with van der Waals surface area (Å²) in [5.74, 6) is 0.292. The van der Waals surface area contributed by atoms with Gasteiger partial charge in [-0.3, -0.25) is 0 Å². The highest BCUT2D eigenvalue weighted by molar-refractivity contribution is 6.17. The Balaban J connectivity index is 1.92. The minimum atomic E-state index is -0.287. The Hall–Kier alpha value is -2.35. The van der Waals surface area contributed by atoms with Gasteiger partial charge < -0.3 is 4.74 Å². The van der Waals surface area contributed by atoms with E-state index < -0.39 is 0 Å². The normalized spacial score (nSPS) is 11.3. The van der Waals surface area contributed by atoms with E-state index in [-0.39, 0.29) is 5.97 Å². The number of carbonyl (C=O) groups excluding carboxylic acids is 1. The van der Waals surface area contributed by atoms with Crippen LogP contribution in [0.25, 0.3) is 5.57 Å². The molecule has 2 aromatic carbocycles. The number of hydrogen-bond donors (Lipinski definition) is 0. The van der Waals surface area contributed by atoms with Crippen molar-refractivity contribution in [2.24, 2.45) is 0 Å². The number of hydrogen-bond acceptors (Lipinski definition) is 2. The molecule has 2 nitrogen and oxygen atoms in total. The fourth-order valence-electron chi connectivity index (χ4n) is 2.94. The van der Waals surface area contributed by atoms with Crippen molar-refractivity contribution in [3.05, 3.63) is 72.3 Å². The molecule has 26 heavy (non-hydrogen) atoms. The van der Waals surface area contributed by atoms with Gasteiger partial charge in [-0.25, -0.2) is 4.79 Å². The third kappa shape index (κ3) is 7.26. The summed E-state index contributed by atoms with van der Waals surface area (Å²) in [4.78, 5) is 12.7. The van der Waals surface area contributed by atoms with Gasteiger partial charge in [-0.15, -0.1) is 0 Å². The molecule has 0 spiro atoms. The predicted octanol–water partition coefficient (Wildman–Crippen LogP) is 6.82. The van der Waals surface area contributed by atoms with Crippen molar-refractivity contribution in [3.8, 4) is 5.75 Å². The molecular weight excluding hydrogens is 320 g/mol. The van der Waals surface area contributed by atoms with E-state index in [1.54, 1.807) is 12.1 Å². The largest absolute Gasteiger partial charge is 0.423 e. The maximum Gasteiger partial charge on any atom is 0.343 e. The lowest BCUT2D eigenvalue weighted by molar-refractivity contribution is -0.127. The number of ether oxygens (including phenoxy) is 1. The molecule has 0 radical (unpaired) electrons. The molecule has 0 aliphatic carbocycles. The molecule has 0 aliphatic rings. The molecule has 0 bridgehead atoms. The summed E-state index contributed by atoms with van der Waals surface area (Å²) in [6.07, 6.45) is 11.8. The highest BCUT2D eigenvalue weighted by atomic mass is 16.5. The van der Waals surface area contributed by atoms with Gasteiger partial charge in [0.2, 0.25) is 0 Å². The summed E-state index contributed by atoms with van der Waals surface area (Å²) in [7, 11) is 0. The van der Waals surface area contributed by atoms with Crippen molar-refractivity contribution in [1.82, 2.24) is 0 Å². The third-order valence-electron chi connectivity index (χ3n) is 4.41. The Morgan fingerprint density at radius 3 is 2.04 bits per heavy atom. The lowest BCUT2D eigenvalue weighted by Crippen LogP contribution is -2.10. The van der Waals surface area contributed by atoms with Gasteiger partial charge in [0.1, 0.15) is 5.75 Å². The molecule has 0 saturated carbocycles. The van der Waals surface area contributed by atoms with Gasteiger partial charge in [0, 0.05) is 0 Å². The van der Waals surface area contributed by atoms with Gasteiger partial charge in [-0.2, -0.15) is 0 Å². The highest BCUT2D eigenvalue weighted by Crippen LogP contribution is 2.20. The molecule has 0 aliphatic heterocycles. The molecule has 0 atom stereocenters. The first-order valence-corrected chi connectivity index (χ1v) is 9.84. The van der Waals surface area contributed by atoms with Crippen molar-refractivity contribution in [2.45, 2.75) is 58.3 Å². The van der Waals surface area contributed by atoms with Crippen LogP contribution in [0.4, 0.5) is 0 Å². The number of carbonyl (C=O) groups is 1. The van der Waals surface area contributed by atoms with Gasteiger partial charge in [0.15, 0.2) is 0 Å². The first kappa shape index (κ1) is 20.0. The number of esters is 1. The fraction of sp³-hybridized carbons (Fsp3) is 0.375. The van der Waals surface area contributed by atoms with Crippen molar-refractivity contribution >= 4 is 11.5 Å². The Morgan fingerprint density at radius 2 is 1.38 bits per heavy atom. The lowest BCUT2D eigenvalue weighted by atomic mass is 10.0. The molecular formula is C24H30O2. The van der Waals surface area contributed by atoms with Crippen LogP contribution in [-0.4, -0.2) is 5.97 Å². The van der Waals surface area contributed by atoms with E-state index in [1.165, 1.54) is 38.5 Å². The number of allylic oxidation sites excluding steroid dienone is 1. The zero-order chi connectivity index (χ0) is 18.5. The highest BCUT2D eigenvalue weighted by Gasteiger charge is 2.14. The van der Waals surface area contributed by atoms with Gasteiger partial charge in [0.25, 0.3) is 0 Å². The SMILES string of the molecule is CCCCCCCCCC=C(C(=O)Oc1ccccc1)c1ccccc1. The monoisotopic (exact) mass is 350 g/mol. The summed E-state index contributed by atoms with van der Waals surface area (Å²) < 4.78 is 5.55. The predicted molar refractivity (Wildman–Crippen MR) is 109 cm³/mol. The van der Waals surface area contributed by atoms with E-state index in [1.807, 2.05) is 54.6 Å². The molecule has 0 heterocycles. The van der Waals surface area contributed by atoms with Gasteiger partial charge in [-0.05, 0) is 30.5 Å². The minimum Gasteiger partial charge on any atom is -0.423 e. The van der Waals surface area contributed by atoms with Crippen LogP contribution < -0.4 is 4.74 Å². The summed E-state index contributed by atoms with van der Waals surface area (Å²) in [5, 5.41) is 0. The average Bonchev–Trinajstić information content (AvgIpc) is 2.68. The first-order valence-electron chi connectivity index (χ1n) is 9.84. The minimum absolute atomic E-state index is 0.287. The maximum atomic E-state index is 12.7. The number of para-hydroxylation sites is 1. The molecule has 0 unspecified atom stereocenters. The Labute approximate surface area is 157 Å². The van der Waals surface area contributed by atoms with E-state index in [0.29, 0.717) is 11.3 Å². The second-order valence-electron chi connectivity index (χ2n) is 6.60. The van der Waals surface area contributed by atoms with E-state index in [2.05, 4.69) is 6.92 Å². The van der Waals surface area contributed by atoms with Crippen LogP contribution in [-0.2, 0) is 4.79 Å². The van der Waals surface area contributed by atoms with Gasteiger partial charge in [0.05, 0.1) is 5.57 Å². The fourth-order valence-corrected chi connectivity index (χ4v) is 2.94. The molecule has 0 amide bonds. The Bertz CT molecular complexity index is 659. The van der Waals surface area contributed by atoms with Crippen molar-refractivity contribution in [3.63, 3.8) is 0 Å². The lowest BCUT2D eigenvalue weighted by Gasteiger charge is -2.09. The molecule has 2 rings (SSSR count). The zero-order valence-electron chi connectivity index (χ0n) is 15.8. The van der Waals surface area contributed by atoms with Crippen molar-refractivity contribution in [2.75, 3.05) is 0 Å². The average molecular weight is 351 g/mol. The molecule has 2 aromatic rings. The van der Waals surface area contributed by atoms with Crippen LogP contribution in [0.3, 0.4) is 0 Å². The molecule has 0 saturated heterocycles. The number of unbranched alkanes of at least 4 members (excludes halogenated alkanes) is 7. The molecule has 0 fully saturated rings. The third-order valence-corrected chi connectivity index (χ3v) is 4.41. The standard InChI is InChI=1S/C24H30O2/c1-2-3-4-5-6-7-8-15-20-23(21-16-11-9-12-17-21)24(25)26-22-18-13-10-14-19-22/h9-14,16-20H,2-8,15H2,1H3. The second kappa shape index (κ2) is 12.1. The van der Waals surface area contributed by atoms with Gasteiger partial charge >= 0.3 is 5.97 Å². The van der Waals surface area contributed by atoms with Crippen LogP contribution >= 0.6 is 0 Å². The van der Waals surface area contributed by atoms with E-state index in [4.69, 9.17) is 4.74 Å². The maximum absolute atomic E-state index is 12.7. The summed E-state index contributed by atoms with van der Waals surface area (Å²) in [5.41, 5.74) is 1.57. The topological polar surface area (TPSA) is 26.3 Å². The summed E-state index contributed by atoms with van der Waals surface area (Å²) in [6, 6.07) is 19.0.